The fraction of sp³-hybridized carbons (Fsp3) is 0.818. The molecule has 0 aromatic heterocycles. The van der Waals surface area contributed by atoms with Crippen molar-refractivity contribution in [1.29, 1.82) is 0 Å². The molecule has 0 heterocycles. The molecule has 0 radical (unpaired) electrons. The number of hydrogen-bond donors (Lipinski definition) is 1. The van der Waals surface area contributed by atoms with Gasteiger partial charge in [0, 0.05) is 5.54 Å². The second-order valence-electron chi connectivity index (χ2n) is 4.43. The van der Waals surface area contributed by atoms with E-state index in [1.807, 2.05) is 6.08 Å². The quantitative estimate of drug-likeness (QED) is 0.498. The molecule has 0 aromatic carbocycles. The highest BCUT2D eigenvalue weighted by Gasteiger charge is 2.43. The van der Waals surface area contributed by atoms with E-state index in [1.165, 1.54) is 32.1 Å². The molecule has 0 amide bonds. The highest BCUT2D eigenvalue weighted by molar-refractivity contribution is 5.02. The summed E-state index contributed by atoms with van der Waals surface area (Å²) in [6, 6.07) is 0. The largest absolute Gasteiger partial charge is 0.311 e. The lowest BCUT2D eigenvalue weighted by atomic mass is 9.94. The molecule has 12 heavy (non-hydrogen) atoms. The van der Waals surface area contributed by atoms with Crippen molar-refractivity contribution in [3.63, 3.8) is 0 Å². The summed E-state index contributed by atoms with van der Waals surface area (Å²) in [7, 11) is 0. The van der Waals surface area contributed by atoms with E-state index in [9.17, 15) is 0 Å². The van der Waals surface area contributed by atoms with Gasteiger partial charge in [0.15, 0.2) is 0 Å². The van der Waals surface area contributed by atoms with Crippen LogP contribution in [0.3, 0.4) is 0 Å². The molecule has 68 valence electrons. The molecule has 0 aromatic rings. The minimum Gasteiger partial charge on any atom is -0.311 e. The fourth-order valence-electron chi connectivity index (χ4n) is 2.88. The van der Waals surface area contributed by atoms with Crippen LogP contribution in [0.25, 0.3) is 0 Å². The number of rotatable bonds is 4. The van der Waals surface area contributed by atoms with Gasteiger partial charge in [0.2, 0.25) is 0 Å². The minimum atomic E-state index is 0.563. The lowest BCUT2D eigenvalue weighted by Gasteiger charge is -2.27. The van der Waals surface area contributed by atoms with Crippen LogP contribution in [0.4, 0.5) is 0 Å². The average Bonchev–Trinajstić information content (AvgIpc) is 2.64. The van der Waals surface area contributed by atoms with Crippen molar-refractivity contribution < 1.29 is 0 Å². The topological polar surface area (TPSA) is 12.0 Å². The summed E-state index contributed by atoms with van der Waals surface area (Å²) in [4.78, 5) is 0. The van der Waals surface area contributed by atoms with E-state index in [1.54, 1.807) is 0 Å². The predicted molar refractivity (Wildman–Crippen MR) is 52.1 cm³/mol. The smallest absolute Gasteiger partial charge is 0.0184 e. The third-order valence-electron chi connectivity index (χ3n) is 3.59. The summed E-state index contributed by atoms with van der Waals surface area (Å²) >= 11 is 0. The monoisotopic (exact) mass is 165 g/mol. The van der Waals surface area contributed by atoms with Crippen LogP contribution < -0.4 is 5.32 Å². The van der Waals surface area contributed by atoms with Crippen molar-refractivity contribution >= 4 is 0 Å². The molecule has 2 saturated carbocycles. The number of hydrogen-bond acceptors (Lipinski definition) is 1. The van der Waals surface area contributed by atoms with Crippen molar-refractivity contribution in [1.82, 2.24) is 5.32 Å². The molecule has 2 aliphatic carbocycles. The molecule has 1 N–H and O–H groups in total. The van der Waals surface area contributed by atoms with Gasteiger partial charge < -0.3 is 5.32 Å². The highest BCUT2D eigenvalue weighted by atomic mass is 15.0. The van der Waals surface area contributed by atoms with Gasteiger partial charge in [0.05, 0.1) is 0 Å². The Kier molecular flexibility index (Phi) is 2.22. The summed E-state index contributed by atoms with van der Waals surface area (Å²) in [6.45, 7) is 4.88. The van der Waals surface area contributed by atoms with E-state index in [0.29, 0.717) is 5.54 Å². The van der Waals surface area contributed by atoms with Gasteiger partial charge >= 0.3 is 0 Å². The van der Waals surface area contributed by atoms with Crippen molar-refractivity contribution in [2.75, 3.05) is 6.54 Å². The third-order valence-corrected chi connectivity index (χ3v) is 3.59. The van der Waals surface area contributed by atoms with E-state index in [-0.39, 0.29) is 0 Å². The molecule has 0 spiro atoms. The zero-order valence-corrected chi connectivity index (χ0v) is 7.81. The van der Waals surface area contributed by atoms with Crippen LogP contribution in [-0.2, 0) is 0 Å². The first kappa shape index (κ1) is 8.31. The normalized spacial score (nSPS) is 38.8. The Morgan fingerprint density at radius 2 is 2.17 bits per heavy atom. The van der Waals surface area contributed by atoms with Gasteiger partial charge in [-0.15, -0.1) is 6.58 Å². The molecular weight excluding hydrogens is 146 g/mol. The van der Waals surface area contributed by atoms with E-state index < -0.39 is 0 Å². The Balaban J connectivity index is 1.81. The summed E-state index contributed by atoms with van der Waals surface area (Å²) < 4.78 is 0. The van der Waals surface area contributed by atoms with Crippen LogP contribution in [0.1, 0.15) is 38.5 Å². The number of fused-ring (bicyclic) bond motifs is 2. The molecule has 1 nitrogen and oxygen atoms in total. The van der Waals surface area contributed by atoms with Gasteiger partial charge in [-0.3, -0.25) is 0 Å². The van der Waals surface area contributed by atoms with Crippen molar-refractivity contribution in [3.05, 3.63) is 12.7 Å². The summed E-state index contributed by atoms with van der Waals surface area (Å²) in [5, 5.41) is 3.72. The van der Waals surface area contributed by atoms with E-state index >= 15 is 0 Å². The first-order chi connectivity index (χ1) is 5.85. The second-order valence-corrected chi connectivity index (χ2v) is 4.43. The molecule has 2 bridgehead atoms. The van der Waals surface area contributed by atoms with Gasteiger partial charge in [0.1, 0.15) is 0 Å². The molecular formula is C11H19N. The SMILES string of the molecule is C=CCCNC12CCC(CC1)C2. The predicted octanol–water partition coefficient (Wildman–Crippen LogP) is 2.48. The summed E-state index contributed by atoms with van der Waals surface area (Å²) in [6.07, 6.45) is 10.4. The van der Waals surface area contributed by atoms with Gasteiger partial charge in [-0.1, -0.05) is 6.08 Å². The Labute approximate surface area is 75.2 Å². The van der Waals surface area contributed by atoms with Gasteiger partial charge in [-0.05, 0) is 51.0 Å². The molecule has 2 fully saturated rings. The Morgan fingerprint density at radius 3 is 2.67 bits per heavy atom. The van der Waals surface area contributed by atoms with Crippen molar-refractivity contribution in [3.8, 4) is 0 Å². The summed E-state index contributed by atoms with van der Waals surface area (Å²) in [5.74, 6) is 1.06. The standard InChI is InChI=1S/C11H19N/c1-2-3-8-12-11-6-4-10(9-11)5-7-11/h2,10,12H,1,3-9H2. The minimum absolute atomic E-state index is 0.563. The van der Waals surface area contributed by atoms with Crippen LogP contribution in [0, 0.1) is 5.92 Å². The highest BCUT2D eigenvalue weighted by Crippen LogP contribution is 2.47. The number of nitrogens with one attached hydrogen (secondary N) is 1. The Hall–Kier alpha value is -0.300. The average molecular weight is 165 g/mol. The first-order valence-corrected chi connectivity index (χ1v) is 5.21. The van der Waals surface area contributed by atoms with Crippen LogP contribution in [0.2, 0.25) is 0 Å². The molecule has 0 atom stereocenters. The van der Waals surface area contributed by atoms with E-state index in [2.05, 4.69) is 11.9 Å². The maximum atomic E-state index is 3.74. The molecule has 2 aliphatic rings. The van der Waals surface area contributed by atoms with E-state index in [4.69, 9.17) is 0 Å². The first-order valence-electron chi connectivity index (χ1n) is 5.21. The van der Waals surface area contributed by atoms with Crippen LogP contribution in [-0.4, -0.2) is 12.1 Å². The molecule has 2 rings (SSSR count). The zero-order valence-electron chi connectivity index (χ0n) is 7.81. The maximum absolute atomic E-state index is 3.74. The lowest BCUT2D eigenvalue weighted by Crippen LogP contribution is -2.41. The van der Waals surface area contributed by atoms with Crippen LogP contribution in [0.15, 0.2) is 12.7 Å². The third kappa shape index (κ3) is 1.42. The molecule has 0 saturated heterocycles. The molecule has 0 unspecified atom stereocenters. The molecule has 1 heteroatoms. The zero-order chi connectivity index (χ0) is 8.44. The maximum Gasteiger partial charge on any atom is 0.0184 e. The van der Waals surface area contributed by atoms with Gasteiger partial charge in [0.25, 0.3) is 0 Å². The van der Waals surface area contributed by atoms with E-state index in [0.717, 1.165) is 18.9 Å². The second kappa shape index (κ2) is 3.21. The Bertz CT molecular complexity index is 166. The lowest BCUT2D eigenvalue weighted by molar-refractivity contribution is 0.331. The Morgan fingerprint density at radius 1 is 1.42 bits per heavy atom. The van der Waals surface area contributed by atoms with Crippen molar-refractivity contribution in [2.45, 2.75) is 44.1 Å². The van der Waals surface area contributed by atoms with Gasteiger partial charge in [-0.2, -0.15) is 0 Å². The van der Waals surface area contributed by atoms with Crippen LogP contribution in [0.5, 0.6) is 0 Å². The summed E-state index contributed by atoms with van der Waals surface area (Å²) in [5.41, 5.74) is 0.563. The molecule has 0 aliphatic heterocycles. The fourth-order valence-corrected chi connectivity index (χ4v) is 2.88. The van der Waals surface area contributed by atoms with Crippen molar-refractivity contribution in [2.24, 2.45) is 5.92 Å². The van der Waals surface area contributed by atoms with Crippen LogP contribution >= 0.6 is 0 Å². The van der Waals surface area contributed by atoms with Gasteiger partial charge in [-0.25, -0.2) is 0 Å².